The van der Waals surface area contributed by atoms with Crippen LogP contribution in [0.25, 0.3) is 0 Å². The highest BCUT2D eigenvalue weighted by atomic mass is 35.5. The number of halogens is 1. The molecule has 4 N–H and O–H groups in total. The number of nitrogens with one attached hydrogen (secondary N) is 2. The van der Waals surface area contributed by atoms with Crippen LogP contribution in [0, 0.1) is 0 Å². The van der Waals surface area contributed by atoms with Crippen molar-refractivity contribution in [2.75, 3.05) is 10.6 Å². The van der Waals surface area contributed by atoms with Gasteiger partial charge in [-0.1, -0.05) is 35.9 Å². The second kappa shape index (κ2) is 7.47. The number of nitrogens with two attached hydrogens (primary N) is 1. The zero-order valence-corrected chi connectivity index (χ0v) is 12.6. The second-order valence-electron chi connectivity index (χ2n) is 4.71. The minimum Gasteiger partial charge on any atom is -0.351 e. The summed E-state index contributed by atoms with van der Waals surface area (Å²) in [6, 6.07) is 13.6. The standard InChI is InChI=1S/C16H16ClN3O2/c17-14-7-2-1-4-11(14)8-9-15(21)19-12-5-3-6-13(10-12)20-16(18)22/h1-7,10H,8-9H2,(H,19,21)(H3,18,20,22). The molecule has 3 amide bonds. The Kier molecular flexibility index (Phi) is 5.38. The predicted molar refractivity (Wildman–Crippen MR) is 88.1 cm³/mol. The molecule has 0 aromatic heterocycles. The van der Waals surface area contributed by atoms with Crippen molar-refractivity contribution in [2.24, 2.45) is 5.73 Å². The van der Waals surface area contributed by atoms with E-state index < -0.39 is 6.03 Å². The highest BCUT2D eigenvalue weighted by Crippen LogP contribution is 2.18. The molecule has 0 heterocycles. The first-order valence-corrected chi connectivity index (χ1v) is 7.12. The number of urea groups is 1. The van der Waals surface area contributed by atoms with Crippen molar-refractivity contribution in [1.29, 1.82) is 0 Å². The number of carbonyl (C=O) groups is 2. The van der Waals surface area contributed by atoms with Gasteiger partial charge in [-0.25, -0.2) is 4.79 Å². The summed E-state index contributed by atoms with van der Waals surface area (Å²) in [6.45, 7) is 0. The molecule has 0 aliphatic heterocycles. The summed E-state index contributed by atoms with van der Waals surface area (Å²) < 4.78 is 0. The molecule has 5 nitrogen and oxygen atoms in total. The number of carbonyl (C=O) groups excluding carboxylic acids is 2. The molecule has 0 unspecified atom stereocenters. The molecule has 6 heteroatoms. The molecular weight excluding hydrogens is 302 g/mol. The second-order valence-corrected chi connectivity index (χ2v) is 5.12. The third kappa shape index (κ3) is 4.79. The van der Waals surface area contributed by atoms with Gasteiger partial charge in [0, 0.05) is 22.8 Å². The highest BCUT2D eigenvalue weighted by Gasteiger charge is 2.06. The molecule has 0 radical (unpaired) electrons. The van der Waals surface area contributed by atoms with E-state index in [1.54, 1.807) is 30.3 Å². The minimum absolute atomic E-state index is 0.129. The normalized spacial score (nSPS) is 10.0. The molecule has 0 bridgehead atoms. The van der Waals surface area contributed by atoms with Crippen LogP contribution in [0.2, 0.25) is 5.02 Å². The number of amides is 3. The Bertz CT molecular complexity index is 689. The van der Waals surface area contributed by atoms with E-state index in [4.69, 9.17) is 17.3 Å². The van der Waals surface area contributed by atoms with Gasteiger partial charge in [-0.3, -0.25) is 4.79 Å². The van der Waals surface area contributed by atoms with Crippen molar-refractivity contribution < 1.29 is 9.59 Å². The van der Waals surface area contributed by atoms with Gasteiger partial charge in [0.15, 0.2) is 0 Å². The summed E-state index contributed by atoms with van der Waals surface area (Å²) in [6.07, 6.45) is 0.877. The number of aryl methyl sites for hydroxylation is 1. The van der Waals surface area contributed by atoms with E-state index >= 15 is 0 Å². The molecule has 114 valence electrons. The lowest BCUT2D eigenvalue weighted by atomic mass is 10.1. The van der Waals surface area contributed by atoms with Gasteiger partial charge in [0.25, 0.3) is 0 Å². The van der Waals surface area contributed by atoms with Gasteiger partial charge in [-0.2, -0.15) is 0 Å². The molecule has 2 rings (SSSR count). The molecule has 0 fully saturated rings. The van der Waals surface area contributed by atoms with Crippen LogP contribution in [0.1, 0.15) is 12.0 Å². The third-order valence-corrected chi connectivity index (χ3v) is 3.36. The van der Waals surface area contributed by atoms with Gasteiger partial charge in [0.2, 0.25) is 5.91 Å². The lowest BCUT2D eigenvalue weighted by Crippen LogP contribution is -2.19. The molecular formula is C16H16ClN3O2. The van der Waals surface area contributed by atoms with Crippen LogP contribution in [-0.4, -0.2) is 11.9 Å². The Labute approximate surface area is 133 Å². The number of hydrogen-bond donors (Lipinski definition) is 3. The molecule has 0 spiro atoms. The first-order chi connectivity index (χ1) is 10.5. The first kappa shape index (κ1) is 15.9. The van der Waals surface area contributed by atoms with Crippen molar-refractivity contribution in [2.45, 2.75) is 12.8 Å². The molecule has 0 saturated heterocycles. The summed E-state index contributed by atoms with van der Waals surface area (Å²) in [5.74, 6) is -0.129. The Morgan fingerprint density at radius 2 is 1.68 bits per heavy atom. The van der Waals surface area contributed by atoms with Gasteiger partial charge >= 0.3 is 6.03 Å². The summed E-state index contributed by atoms with van der Waals surface area (Å²) in [7, 11) is 0. The lowest BCUT2D eigenvalue weighted by Gasteiger charge is -2.08. The molecule has 22 heavy (non-hydrogen) atoms. The van der Waals surface area contributed by atoms with Crippen molar-refractivity contribution in [3.63, 3.8) is 0 Å². The smallest absolute Gasteiger partial charge is 0.316 e. The summed E-state index contributed by atoms with van der Waals surface area (Å²) in [5.41, 5.74) is 7.10. The summed E-state index contributed by atoms with van der Waals surface area (Å²) in [4.78, 5) is 22.8. The SMILES string of the molecule is NC(=O)Nc1cccc(NC(=O)CCc2ccccc2Cl)c1. The number of anilines is 2. The van der Waals surface area contributed by atoms with Crippen LogP contribution >= 0.6 is 11.6 Å². The van der Waals surface area contributed by atoms with Gasteiger partial charge in [-0.15, -0.1) is 0 Å². The van der Waals surface area contributed by atoms with Crippen molar-refractivity contribution in [1.82, 2.24) is 0 Å². The van der Waals surface area contributed by atoms with Crippen LogP contribution in [-0.2, 0) is 11.2 Å². The quantitative estimate of drug-likeness (QED) is 0.789. The fourth-order valence-electron chi connectivity index (χ4n) is 1.99. The van der Waals surface area contributed by atoms with Crippen molar-refractivity contribution in [3.05, 3.63) is 59.1 Å². The van der Waals surface area contributed by atoms with E-state index in [2.05, 4.69) is 10.6 Å². The molecule has 2 aromatic carbocycles. The maximum atomic E-state index is 12.0. The fraction of sp³-hybridized carbons (Fsp3) is 0.125. The van der Waals surface area contributed by atoms with E-state index in [0.29, 0.717) is 29.2 Å². The third-order valence-electron chi connectivity index (χ3n) is 2.99. The van der Waals surface area contributed by atoms with Crippen molar-refractivity contribution in [3.8, 4) is 0 Å². The van der Waals surface area contributed by atoms with E-state index in [-0.39, 0.29) is 5.91 Å². The van der Waals surface area contributed by atoms with Gasteiger partial charge < -0.3 is 16.4 Å². The summed E-state index contributed by atoms with van der Waals surface area (Å²) in [5, 5.41) is 5.88. The van der Waals surface area contributed by atoms with E-state index in [1.165, 1.54) is 0 Å². The number of benzene rings is 2. The number of hydrogen-bond acceptors (Lipinski definition) is 2. The zero-order valence-electron chi connectivity index (χ0n) is 11.8. The fourth-order valence-corrected chi connectivity index (χ4v) is 2.22. The molecule has 0 saturated carbocycles. The molecule has 0 atom stereocenters. The topological polar surface area (TPSA) is 84.2 Å². The molecule has 0 aliphatic carbocycles. The monoisotopic (exact) mass is 317 g/mol. The zero-order chi connectivity index (χ0) is 15.9. The Balaban J connectivity index is 1.92. The Morgan fingerprint density at radius 3 is 2.36 bits per heavy atom. The largest absolute Gasteiger partial charge is 0.351 e. The van der Waals surface area contributed by atoms with Crippen LogP contribution in [0.15, 0.2) is 48.5 Å². The van der Waals surface area contributed by atoms with E-state index in [0.717, 1.165) is 5.56 Å². The van der Waals surface area contributed by atoms with Gasteiger partial charge in [-0.05, 0) is 36.2 Å². The maximum absolute atomic E-state index is 12.0. The average Bonchev–Trinajstić information content (AvgIpc) is 2.46. The molecule has 0 aliphatic rings. The average molecular weight is 318 g/mol. The van der Waals surface area contributed by atoms with Gasteiger partial charge in [0.05, 0.1) is 0 Å². The Morgan fingerprint density at radius 1 is 1.00 bits per heavy atom. The maximum Gasteiger partial charge on any atom is 0.316 e. The molecule has 2 aromatic rings. The van der Waals surface area contributed by atoms with Crippen LogP contribution < -0.4 is 16.4 Å². The number of primary amides is 1. The van der Waals surface area contributed by atoms with Crippen molar-refractivity contribution >= 4 is 34.9 Å². The van der Waals surface area contributed by atoms with E-state index in [1.807, 2.05) is 18.2 Å². The van der Waals surface area contributed by atoms with E-state index in [9.17, 15) is 9.59 Å². The minimum atomic E-state index is -0.651. The van der Waals surface area contributed by atoms with Crippen LogP contribution in [0.5, 0.6) is 0 Å². The number of rotatable bonds is 5. The predicted octanol–water partition coefficient (Wildman–Crippen LogP) is 3.40. The highest BCUT2D eigenvalue weighted by molar-refractivity contribution is 6.31. The first-order valence-electron chi connectivity index (χ1n) is 6.74. The van der Waals surface area contributed by atoms with Crippen LogP contribution in [0.3, 0.4) is 0 Å². The Hall–Kier alpha value is -2.53. The van der Waals surface area contributed by atoms with Crippen LogP contribution in [0.4, 0.5) is 16.2 Å². The summed E-state index contributed by atoms with van der Waals surface area (Å²) >= 11 is 6.05. The lowest BCUT2D eigenvalue weighted by molar-refractivity contribution is -0.116. The van der Waals surface area contributed by atoms with Gasteiger partial charge in [0.1, 0.15) is 0 Å².